The summed E-state index contributed by atoms with van der Waals surface area (Å²) in [6, 6.07) is 11.8. The summed E-state index contributed by atoms with van der Waals surface area (Å²) >= 11 is 0. The van der Waals surface area contributed by atoms with E-state index < -0.39 is 0 Å². The van der Waals surface area contributed by atoms with Gasteiger partial charge >= 0.3 is 0 Å². The van der Waals surface area contributed by atoms with Crippen molar-refractivity contribution in [3.8, 4) is 34.7 Å². The number of nitrogens with two attached hydrogens (primary N) is 2. The van der Waals surface area contributed by atoms with E-state index in [0.29, 0.717) is 36.1 Å². The first-order valence-corrected chi connectivity index (χ1v) is 18.3. The zero-order chi connectivity index (χ0) is 39.7. The number of rotatable bonds is 8. The summed E-state index contributed by atoms with van der Waals surface area (Å²) in [4.78, 5) is 50.9. The molecule has 280 valence electrons. The molecule has 2 aliphatic carbocycles. The Bertz CT molecular complexity index is 2450. The summed E-state index contributed by atoms with van der Waals surface area (Å²) in [5, 5.41) is 26.5. The molecule has 6 aromatic rings. The van der Waals surface area contributed by atoms with E-state index in [4.69, 9.17) is 22.0 Å². The monoisotopic (exact) mass is 744 g/mol. The third-order valence-corrected chi connectivity index (χ3v) is 10.7. The van der Waals surface area contributed by atoms with Crippen molar-refractivity contribution in [1.82, 2.24) is 29.9 Å². The lowest BCUT2D eigenvalue weighted by atomic mass is 10.00. The van der Waals surface area contributed by atoms with Crippen LogP contribution in [0, 0.1) is 74.0 Å². The molecular weight excluding hydrogens is 705 g/mol. The van der Waals surface area contributed by atoms with Crippen LogP contribution in [-0.2, 0) is 9.59 Å². The van der Waals surface area contributed by atoms with Crippen LogP contribution in [0.1, 0.15) is 47.9 Å². The van der Waals surface area contributed by atoms with Gasteiger partial charge in [0.05, 0.1) is 23.5 Å². The van der Waals surface area contributed by atoms with E-state index in [0.717, 1.165) is 79.2 Å². The first-order valence-electron chi connectivity index (χ1n) is 18.3. The summed E-state index contributed by atoms with van der Waals surface area (Å²) in [6.07, 6.45) is 12.7. The van der Waals surface area contributed by atoms with Gasteiger partial charge in [0.1, 0.15) is 23.3 Å². The third-order valence-electron chi connectivity index (χ3n) is 10.7. The summed E-state index contributed by atoms with van der Waals surface area (Å²) in [6.45, 7) is 7.96. The van der Waals surface area contributed by atoms with E-state index in [1.54, 1.807) is 37.2 Å². The van der Waals surface area contributed by atoms with Crippen LogP contribution in [0.25, 0.3) is 44.1 Å². The lowest BCUT2D eigenvalue weighted by molar-refractivity contribution is -0.118. The Balaban J connectivity index is 0.000000172. The number of aromatic nitrogens is 6. The molecule has 6 aromatic heterocycles. The Morgan fingerprint density at radius 3 is 1.46 bits per heavy atom. The number of carbonyl (C=O) groups excluding carboxylic acids is 2. The van der Waals surface area contributed by atoms with E-state index in [-0.39, 0.29) is 35.5 Å². The summed E-state index contributed by atoms with van der Waals surface area (Å²) in [5.74, 6) is 1.67. The van der Waals surface area contributed by atoms with Crippen molar-refractivity contribution in [2.75, 3.05) is 22.1 Å². The minimum atomic E-state index is -0.102. The van der Waals surface area contributed by atoms with Crippen LogP contribution in [0.5, 0.6) is 0 Å². The highest BCUT2D eigenvalue weighted by Crippen LogP contribution is 2.43. The number of hydrogen-bond donors (Lipinski definition) is 4. The molecule has 4 atom stereocenters. The molecule has 2 fully saturated rings. The van der Waals surface area contributed by atoms with Gasteiger partial charge in [0.15, 0.2) is 0 Å². The van der Waals surface area contributed by atoms with Crippen LogP contribution in [0.4, 0.5) is 23.3 Å². The molecule has 6 N–H and O–H groups in total. The van der Waals surface area contributed by atoms with Crippen molar-refractivity contribution in [2.24, 2.45) is 23.7 Å². The van der Waals surface area contributed by atoms with Gasteiger partial charge in [-0.05, 0) is 110 Å². The van der Waals surface area contributed by atoms with Crippen LogP contribution in [0.2, 0.25) is 0 Å². The Kier molecular flexibility index (Phi) is 10.2. The molecule has 0 spiro atoms. The van der Waals surface area contributed by atoms with Gasteiger partial charge in [0.2, 0.25) is 11.8 Å². The van der Waals surface area contributed by atoms with Crippen LogP contribution < -0.4 is 22.1 Å². The lowest BCUT2D eigenvalue weighted by Crippen LogP contribution is -2.15. The first-order chi connectivity index (χ1) is 27.0. The zero-order valence-electron chi connectivity index (χ0n) is 31.5. The molecule has 2 saturated carbocycles. The molecule has 0 saturated heterocycles. The second-order valence-electron chi connectivity index (χ2n) is 14.5. The number of anilines is 4. The van der Waals surface area contributed by atoms with E-state index in [9.17, 15) is 9.59 Å². The number of pyridine rings is 6. The smallest absolute Gasteiger partial charge is 0.228 e. The lowest BCUT2D eigenvalue weighted by Gasteiger charge is -2.13. The largest absolute Gasteiger partial charge is 0.383 e. The summed E-state index contributed by atoms with van der Waals surface area (Å²) in [7, 11) is 0. The van der Waals surface area contributed by atoms with E-state index in [1.165, 1.54) is 0 Å². The van der Waals surface area contributed by atoms with Crippen LogP contribution in [-0.4, -0.2) is 41.7 Å². The second-order valence-corrected chi connectivity index (χ2v) is 14.5. The normalized spacial score (nSPS) is 17.9. The average Bonchev–Trinajstić information content (AvgIpc) is 4.13. The maximum Gasteiger partial charge on any atom is 0.228 e. The minimum absolute atomic E-state index is 0.0879. The number of carbonyl (C=O) groups is 2. The minimum Gasteiger partial charge on any atom is -0.383 e. The predicted octanol–water partition coefficient (Wildman–Crippen LogP) is 6.76. The Hall–Kier alpha value is -7.06. The van der Waals surface area contributed by atoms with Gasteiger partial charge in [-0.25, -0.2) is 19.9 Å². The predicted molar refractivity (Wildman–Crippen MR) is 214 cm³/mol. The van der Waals surface area contributed by atoms with Crippen LogP contribution in [0.15, 0.2) is 61.4 Å². The molecule has 0 bridgehead atoms. The van der Waals surface area contributed by atoms with Crippen molar-refractivity contribution >= 4 is 56.6 Å². The van der Waals surface area contributed by atoms with Crippen molar-refractivity contribution in [1.29, 1.82) is 10.5 Å². The molecule has 0 aromatic carbocycles. The average molecular weight is 745 g/mol. The van der Waals surface area contributed by atoms with Crippen molar-refractivity contribution in [3.63, 3.8) is 0 Å². The summed E-state index contributed by atoms with van der Waals surface area (Å²) < 4.78 is 0. The van der Waals surface area contributed by atoms with E-state index in [1.807, 2.05) is 52.0 Å². The number of fused-ring (bicyclic) bond motifs is 2. The number of nitrogens with one attached hydrogen (secondary N) is 2. The van der Waals surface area contributed by atoms with Gasteiger partial charge in [-0.3, -0.25) is 19.6 Å². The molecule has 2 amide bonds. The third kappa shape index (κ3) is 7.50. The highest BCUT2D eigenvalue weighted by Gasteiger charge is 2.43. The first kappa shape index (κ1) is 37.3. The highest BCUT2D eigenvalue weighted by molar-refractivity contribution is 6.01. The molecule has 0 aliphatic heterocycles. The SMILES string of the molecule is Cc1ccncc1-c1nc(N)c2cnc(NC(=O)[C@@H]3C[C@H]3CC#N)cc2c1C.Cc1ccncc1-c1nc(N)c2cnc(NC(=O)[C@H]3C[C@@H]3CC#N)cc2c1C. The topological polar surface area (TPSA) is 235 Å². The molecular formula is C42H40N12O2. The Morgan fingerprint density at radius 1 is 0.679 bits per heavy atom. The van der Waals surface area contributed by atoms with Crippen molar-refractivity contribution in [3.05, 3.63) is 83.7 Å². The number of aryl methyl sites for hydroxylation is 4. The van der Waals surface area contributed by atoms with Crippen LogP contribution >= 0.6 is 0 Å². The summed E-state index contributed by atoms with van der Waals surface area (Å²) in [5.41, 5.74) is 19.8. The van der Waals surface area contributed by atoms with E-state index in [2.05, 4.69) is 52.7 Å². The van der Waals surface area contributed by atoms with Crippen molar-refractivity contribution < 1.29 is 9.59 Å². The van der Waals surface area contributed by atoms with Gasteiger partial charge in [-0.15, -0.1) is 0 Å². The van der Waals surface area contributed by atoms with Gasteiger partial charge in [0.25, 0.3) is 0 Å². The van der Waals surface area contributed by atoms with Gasteiger partial charge in [0, 0.05) is 83.8 Å². The maximum absolute atomic E-state index is 12.4. The van der Waals surface area contributed by atoms with Crippen molar-refractivity contribution in [2.45, 2.75) is 53.4 Å². The maximum atomic E-state index is 12.4. The number of nitriles is 2. The molecule has 6 heterocycles. The van der Waals surface area contributed by atoms with Gasteiger partial charge < -0.3 is 22.1 Å². The Morgan fingerprint density at radius 2 is 1.09 bits per heavy atom. The number of nitrogens with zero attached hydrogens (tertiary/aromatic N) is 8. The molecule has 14 heteroatoms. The fraction of sp³-hybridized carbons (Fsp3) is 0.286. The molecule has 0 unspecified atom stereocenters. The Labute approximate surface area is 323 Å². The highest BCUT2D eigenvalue weighted by atomic mass is 16.2. The quantitative estimate of drug-likeness (QED) is 0.127. The zero-order valence-corrected chi connectivity index (χ0v) is 31.5. The van der Waals surface area contributed by atoms with Gasteiger partial charge in [-0.2, -0.15) is 10.5 Å². The second kappa shape index (κ2) is 15.4. The van der Waals surface area contributed by atoms with E-state index >= 15 is 0 Å². The fourth-order valence-corrected chi connectivity index (χ4v) is 7.07. The molecule has 2 aliphatic rings. The molecule has 8 rings (SSSR count). The van der Waals surface area contributed by atoms with Crippen LogP contribution in [0.3, 0.4) is 0 Å². The standard InChI is InChI=1S/2C21H20N6O/c2*1-11-4-6-24-9-16(11)19-12(2)14-8-18(25-10-17(14)20(23)27-19)26-21(28)15-7-13(15)3-5-22/h2*4,6,8-10,13,15H,3,7H2,1-2H3,(H2,23,27)(H,25,26,28)/t2*13-,15-/m10/s1. The fourth-order valence-electron chi connectivity index (χ4n) is 7.07. The molecule has 14 nitrogen and oxygen atoms in total. The molecule has 0 radical (unpaired) electrons. The van der Waals surface area contributed by atoms with Gasteiger partial charge in [-0.1, -0.05) is 0 Å². The molecule has 56 heavy (non-hydrogen) atoms. The number of hydrogen-bond acceptors (Lipinski definition) is 12. The number of amides is 2. The number of nitrogen functional groups attached to an aromatic ring is 2.